The van der Waals surface area contributed by atoms with Gasteiger partial charge in [-0.25, -0.2) is 19.9 Å². The number of ether oxygens (including phenoxy) is 1. The van der Waals surface area contributed by atoms with Gasteiger partial charge in [0, 0.05) is 16.8 Å². The predicted octanol–water partition coefficient (Wildman–Crippen LogP) is 6.37. The molecule has 2 aromatic carbocycles. The van der Waals surface area contributed by atoms with Crippen LogP contribution in [0, 0.1) is 0 Å². The van der Waals surface area contributed by atoms with Crippen LogP contribution in [0.1, 0.15) is 0 Å². The van der Waals surface area contributed by atoms with Gasteiger partial charge in [0.2, 0.25) is 16.4 Å². The van der Waals surface area contributed by atoms with Crippen molar-refractivity contribution < 1.29 is 4.74 Å². The second kappa shape index (κ2) is 9.91. The summed E-state index contributed by atoms with van der Waals surface area (Å²) < 4.78 is 5.02. The quantitative estimate of drug-likeness (QED) is 0.235. The molecule has 0 radical (unpaired) electrons. The predicted molar refractivity (Wildman–Crippen MR) is 128 cm³/mol. The fourth-order valence-electron chi connectivity index (χ4n) is 2.87. The van der Waals surface area contributed by atoms with Crippen LogP contribution < -0.4 is 10.1 Å². The van der Waals surface area contributed by atoms with E-state index in [1.54, 1.807) is 19.4 Å². The zero-order valence-electron chi connectivity index (χ0n) is 16.6. The average molecular weight is 486 g/mol. The highest BCUT2D eigenvalue weighted by molar-refractivity contribution is 6.35. The normalized spacial score (nSPS) is 10.5. The van der Waals surface area contributed by atoms with Crippen molar-refractivity contribution in [1.82, 2.24) is 24.9 Å². The molecule has 0 aliphatic carbocycles. The first-order valence-electron chi connectivity index (χ1n) is 9.30. The van der Waals surface area contributed by atoms with Gasteiger partial charge in [0.15, 0.2) is 0 Å². The lowest BCUT2D eigenvalue weighted by Crippen LogP contribution is -1.98. The Hall–Kier alpha value is -3.26. The maximum Gasteiger partial charge on any atom is 0.224 e. The SMILES string of the molecule is COc1ccc(Nc2nc(Cl)nc3ccccc23)cn1.Clc1nc(Cl)c2ccccc2n1. The Kier molecular flexibility index (Phi) is 6.80. The minimum Gasteiger partial charge on any atom is -0.481 e. The first-order chi connectivity index (χ1) is 15.5. The summed E-state index contributed by atoms with van der Waals surface area (Å²) in [5.74, 6) is 1.20. The Balaban J connectivity index is 0.000000174. The number of para-hydroxylation sites is 2. The van der Waals surface area contributed by atoms with E-state index in [4.69, 9.17) is 39.5 Å². The van der Waals surface area contributed by atoms with Crippen molar-refractivity contribution in [2.24, 2.45) is 0 Å². The molecule has 0 saturated carbocycles. The highest BCUT2D eigenvalue weighted by atomic mass is 35.5. The maximum atomic E-state index is 5.94. The fraction of sp³-hybridized carbons (Fsp3) is 0.0455. The number of aromatic nitrogens is 5. The van der Waals surface area contributed by atoms with Gasteiger partial charge in [-0.05, 0) is 53.5 Å². The summed E-state index contributed by atoms with van der Waals surface area (Å²) in [6, 6.07) is 18.7. The summed E-state index contributed by atoms with van der Waals surface area (Å²) in [7, 11) is 1.58. The minimum absolute atomic E-state index is 0.179. The molecule has 5 rings (SSSR count). The van der Waals surface area contributed by atoms with Gasteiger partial charge in [0.25, 0.3) is 0 Å². The van der Waals surface area contributed by atoms with Crippen LogP contribution in [0.2, 0.25) is 15.7 Å². The van der Waals surface area contributed by atoms with Crippen molar-refractivity contribution in [3.63, 3.8) is 0 Å². The molecule has 0 saturated heterocycles. The van der Waals surface area contributed by atoms with Crippen molar-refractivity contribution in [2.75, 3.05) is 12.4 Å². The molecule has 32 heavy (non-hydrogen) atoms. The van der Waals surface area contributed by atoms with Crippen LogP contribution in [-0.4, -0.2) is 32.0 Å². The Morgan fingerprint density at radius 1 is 0.719 bits per heavy atom. The molecule has 7 nitrogen and oxygen atoms in total. The number of anilines is 2. The molecule has 1 N–H and O–H groups in total. The van der Waals surface area contributed by atoms with Gasteiger partial charge >= 0.3 is 0 Å². The summed E-state index contributed by atoms with van der Waals surface area (Å²) in [6.45, 7) is 0. The van der Waals surface area contributed by atoms with E-state index >= 15 is 0 Å². The van der Waals surface area contributed by atoms with E-state index in [-0.39, 0.29) is 10.6 Å². The van der Waals surface area contributed by atoms with Gasteiger partial charge in [0.05, 0.1) is 30.0 Å². The lowest BCUT2D eigenvalue weighted by molar-refractivity contribution is 0.398. The number of nitrogens with one attached hydrogen (secondary N) is 1. The third kappa shape index (κ3) is 5.13. The van der Waals surface area contributed by atoms with Gasteiger partial charge < -0.3 is 10.1 Å². The van der Waals surface area contributed by atoms with E-state index in [2.05, 4.69) is 30.2 Å². The molecule has 0 bridgehead atoms. The summed E-state index contributed by atoms with van der Waals surface area (Å²) >= 11 is 17.4. The van der Waals surface area contributed by atoms with Gasteiger partial charge in [-0.15, -0.1) is 0 Å². The minimum atomic E-state index is 0.179. The lowest BCUT2D eigenvalue weighted by atomic mass is 10.2. The Bertz CT molecular complexity index is 1380. The summed E-state index contributed by atoms with van der Waals surface area (Å²) in [6.07, 6.45) is 1.67. The topological polar surface area (TPSA) is 85.7 Å². The number of hydrogen-bond acceptors (Lipinski definition) is 7. The van der Waals surface area contributed by atoms with Crippen LogP contribution in [0.4, 0.5) is 11.5 Å². The highest BCUT2D eigenvalue weighted by Gasteiger charge is 2.07. The zero-order valence-corrected chi connectivity index (χ0v) is 18.9. The van der Waals surface area contributed by atoms with Crippen LogP contribution in [0.15, 0.2) is 66.9 Å². The molecule has 0 atom stereocenters. The monoisotopic (exact) mass is 484 g/mol. The van der Waals surface area contributed by atoms with Crippen molar-refractivity contribution in [1.29, 1.82) is 0 Å². The van der Waals surface area contributed by atoms with Gasteiger partial charge in [-0.3, -0.25) is 0 Å². The van der Waals surface area contributed by atoms with Crippen LogP contribution in [-0.2, 0) is 0 Å². The van der Waals surface area contributed by atoms with Crippen LogP contribution in [0.25, 0.3) is 21.8 Å². The van der Waals surface area contributed by atoms with Crippen LogP contribution in [0.5, 0.6) is 5.88 Å². The molecule has 0 amide bonds. The standard InChI is InChI=1S/C14H11ClN4O.C8H4Cl2N2/c1-20-12-7-6-9(8-16-12)17-13-10-4-2-3-5-11(10)18-14(15)19-13;9-7-5-3-1-2-4-6(5)11-8(10)12-7/h2-8H,1H3,(H,17,18,19);1-4H. The number of halogens is 3. The molecule has 0 unspecified atom stereocenters. The molecule has 5 aromatic rings. The second-order valence-electron chi connectivity index (χ2n) is 6.37. The molecule has 0 spiro atoms. The first kappa shape index (κ1) is 22.0. The van der Waals surface area contributed by atoms with E-state index in [9.17, 15) is 0 Å². The summed E-state index contributed by atoms with van der Waals surface area (Å²) in [5.41, 5.74) is 2.35. The number of methoxy groups -OCH3 is 1. The Labute approximate surface area is 198 Å². The first-order valence-corrected chi connectivity index (χ1v) is 10.4. The van der Waals surface area contributed by atoms with E-state index in [0.29, 0.717) is 16.9 Å². The van der Waals surface area contributed by atoms with Crippen molar-refractivity contribution in [3.8, 4) is 5.88 Å². The molecule has 3 aromatic heterocycles. The van der Waals surface area contributed by atoms with Gasteiger partial charge in [-0.1, -0.05) is 35.9 Å². The third-order valence-corrected chi connectivity index (χ3v) is 4.94. The molecule has 10 heteroatoms. The van der Waals surface area contributed by atoms with E-state index in [1.807, 2.05) is 54.6 Å². The fourth-order valence-corrected chi connectivity index (χ4v) is 3.50. The number of fused-ring (bicyclic) bond motifs is 2. The highest BCUT2D eigenvalue weighted by Crippen LogP contribution is 2.25. The van der Waals surface area contributed by atoms with Crippen molar-refractivity contribution in [2.45, 2.75) is 0 Å². The third-order valence-electron chi connectivity index (χ3n) is 4.31. The molecular formula is C22H15Cl3N6O. The van der Waals surface area contributed by atoms with E-state index < -0.39 is 0 Å². The number of rotatable bonds is 3. The molecule has 160 valence electrons. The van der Waals surface area contributed by atoms with Gasteiger partial charge in [0.1, 0.15) is 11.0 Å². The Morgan fingerprint density at radius 3 is 2.00 bits per heavy atom. The largest absolute Gasteiger partial charge is 0.481 e. The average Bonchev–Trinajstić information content (AvgIpc) is 2.80. The smallest absolute Gasteiger partial charge is 0.224 e. The number of benzene rings is 2. The van der Waals surface area contributed by atoms with Crippen LogP contribution >= 0.6 is 34.8 Å². The molecule has 0 aliphatic rings. The van der Waals surface area contributed by atoms with E-state index in [1.165, 1.54) is 0 Å². The second-order valence-corrected chi connectivity index (χ2v) is 7.41. The number of hydrogen-bond donors (Lipinski definition) is 1. The van der Waals surface area contributed by atoms with Crippen molar-refractivity contribution in [3.05, 3.63) is 82.6 Å². The summed E-state index contributed by atoms with van der Waals surface area (Å²) in [4.78, 5) is 20.4. The summed E-state index contributed by atoms with van der Waals surface area (Å²) in [5, 5.41) is 5.68. The van der Waals surface area contributed by atoms with Crippen LogP contribution in [0.3, 0.4) is 0 Å². The van der Waals surface area contributed by atoms with Gasteiger partial charge in [-0.2, -0.15) is 4.98 Å². The zero-order chi connectivity index (χ0) is 22.5. The number of pyridine rings is 1. The lowest BCUT2D eigenvalue weighted by Gasteiger charge is -2.09. The Morgan fingerprint density at radius 2 is 1.34 bits per heavy atom. The molecule has 0 aliphatic heterocycles. The van der Waals surface area contributed by atoms with Crippen molar-refractivity contribution >= 4 is 68.1 Å². The maximum absolute atomic E-state index is 5.94. The molecule has 0 fully saturated rings. The molecule has 3 heterocycles. The van der Waals surface area contributed by atoms with E-state index in [0.717, 1.165) is 27.5 Å². The molecular weight excluding hydrogens is 471 g/mol. The number of nitrogens with zero attached hydrogens (tertiary/aromatic N) is 5.